The number of hydrogen-bond donors (Lipinski definition) is 0. The lowest BCUT2D eigenvalue weighted by Crippen LogP contribution is -2.00. The third-order valence-electron chi connectivity index (χ3n) is 3.29. The Morgan fingerprint density at radius 1 is 1.05 bits per heavy atom. The number of nitrogens with zero attached hydrogens (tertiary/aromatic N) is 2. The van der Waals surface area contributed by atoms with E-state index in [0.717, 1.165) is 39.2 Å². The van der Waals surface area contributed by atoms with Crippen LogP contribution < -0.4 is 0 Å². The van der Waals surface area contributed by atoms with Gasteiger partial charge in [-0.05, 0) is 49.4 Å². The van der Waals surface area contributed by atoms with E-state index in [9.17, 15) is 0 Å². The number of aryl methyl sites for hydroxylation is 1. The van der Waals surface area contributed by atoms with E-state index >= 15 is 0 Å². The lowest BCUT2D eigenvalue weighted by atomic mass is 10.3. The standard InChI is InChI=1S/C16H14Cl2N2S/c1-2-20-15-9-12(18)5-8-14(15)19-16(20)10-21-13-6-3-11(17)4-7-13/h3-9H,2,10H2,1H3. The van der Waals surface area contributed by atoms with Crippen LogP contribution in [0.15, 0.2) is 47.4 Å². The smallest absolute Gasteiger partial charge is 0.120 e. The van der Waals surface area contributed by atoms with Crippen molar-refractivity contribution in [1.29, 1.82) is 0 Å². The SMILES string of the molecule is CCn1c(CSc2ccc(Cl)cc2)nc2ccc(Cl)cc21. The zero-order chi connectivity index (χ0) is 14.8. The largest absolute Gasteiger partial charge is 0.328 e. The summed E-state index contributed by atoms with van der Waals surface area (Å²) in [6, 6.07) is 13.7. The van der Waals surface area contributed by atoms with Gasteiger partial charge in [0, 0.05) is 21.5 Å². The summed E-state index contributed by atoms with van der Waals surface area (Å²) in [4.78, 5) is 5.90. The van der Waals surface area contributed by atoms with Crippen molar-refractivity contribution in [2.45, 2.75) is 24.1 Å². The van der Waals surface area contributed by atoms with Gasteiger partial charge in [0.1, 0.15) is 5.82 Å². The third kappa shape index (κ3) is 3.20. The Morgan fingerprint density at radius 3 is 2.48 bits per heavy atom. The first-order valence-electron chi connectivity index (χ1n) is 6.70. The van der Waals surface area contributed by atoms with Gasteiger partial charge in [-0.15, -0.1) is 11.8 Å². The van der Waals surface area contributed by atoms with E-state index in [1.165, 1.54) is 4.90 Å². The van der Waals surface area contributed by atoms with Crippen molar-refractivity contribution in [1.82, 2.24) is 9.55 Å². The molecule has 0 saturated carbocycles. The Morgan fingerprint density at radius 2 is 1.76 bits per heavy atom. The minimum absolute atomic E-state index is 0.744. The van der Waals surface area contributed by atoms with Crippen molar-refractivity contribution in [2.75, 3.05) is 0 Å². The molecular formula is C16H14Cl2N2S. The van der Waals surface area contributed by atoms with Gasteiger partial charge in [0.2, 0.25) is 0 Å². The van der Waals surface area contributed by atoms with Crippen LogP contribution in [0.2, 0.25) is 10.0 Å². The summed E-state index contributed by atoms with van der Waals surface area (Å²) in [7, 11) is 0. The van der Waals surface area contributed by atoms with Gasteiger partial charge in [0.05, 0.1) is 16.8 Å². The second-order valence-corrected chi connectivity index (χ2v) is 6.57. The highest BCUT2D eigenvalue weighted by atomic mass is 35.5. The summed E-state index contributed by atoms with van der Waals surface area (Å²) < 4.78 is 2.21. The molecular weight excluding hydrogens is 323 g/mol. The van der Waals surface area contributed by atoms with Gasteiger partial charge < -0.3 is 4.57 Å². The number of thioether (sulfide) groups is 1. The molecule has 2 nitrogen and oxygen atoms in total. The van der Waals surface area contributed by atoms with Crippen molar-refractivity contribution in [3.63, 3.8) is 0 Å². The predicted octanol–water partition coefficient (Wildman–Crippen LogP) is 5.66. The molecule has 108 valence electrons. The van der Waals surface area contributed by atoms with Gasteiger partial charge in [0.25, 0.3) is 0 Å². The lowest BCUT2D eigenvalue weighted by molar-refractivity contribution is 0.748. The van der Waals surface area contributed by atoms with E-state index in [-0.39, 0.29) is 0 Å². The maximum atomic E-state index is 6.09. The van der Waals surface area contributed by atoms with E-state index in [0.29, 0.717) is 0 Å². The van der Waals surface area contributed by atoms with Crippen LogP contribution in [0.1, 0.15) is 12.7 Å². The molecule has 1 heterocycles. The Labute approximate surface area is 138 Å². The van der Waals surface area contributed by atoms with Crippen LogP contribution >= 0.6 is 35.0 Å². The molecule has 0 amide bonds. The van der Waals surface area contributed by atoms with Gasteiger partial charge in [-0.25, -0.2) is 4.98 Å². The number of fused-ring (bicyclic) bond motifs is 1. The van der Waals surface area contributed by atoms with Crippen LogP contribution in [0.4, 0.5) is 0 Å². The van der Waals surface area contributed by atoms with Gasteiger partial charge in [-0.2, -0.15) is 0 Å². The highest BCUT2D eigenvalue weighted by Crippen LogP contribution is 2.27. The average molecular weight is 337 g/mol. The first kappa shape index (κ1) is 14.8. The summed E-state index contributed by atoms with van der Waals surface area (Å²) in [6.45, 7) is 3.01. The number of aromatic nitrogens is 2. The zero-order valence-corrected chi connectivity index (χ0v) is 13.8. The molecule has 1 aromatic heterocycles. The Balaban J connectivity index is 1.88. The third-order valence-corrected chi connectivity index (χ3v) is 4.78. The van der Waals surface area contributed by atoms with E-state index < -0.39 is 0 Å². The van der Waals surface area contributed by atoms with Crippen molar-refractivity contribution in [2.24, 2.45) is 0 Å². The molecule has 0 bridgehead atoms. The van der Waals surface area contributed by atoms with Crippen LogP contribution in [0, 0.1) is 0 Å². The summed E-state index contributed by atoms with van der Waals surface area (Å²) in [6.07, 6.45) is 0. The Hall–Kier alpha value is -1.16. The van der Waals surface area contributed by atoms with Crippen LogP contribution in [0.3, 0.4) is 0 Å². The first-order chi connectivity index (χ1) is 10.2. The molecule has 0 aliphatic rings. The van der Waals surface area contributed by atoms with E-state index in [4.69, 9.17) is 28.2 Å². The van der Waals surface area contributed by atoms with Crippen molar-refractivity contribution in [3.8, 4) is 0 Å². The molecule has 0 saturated heterocycles. The highest BCUT2D eigenvalue weighted by molar-refractivity contribution is 7.98. The van der Waals surface area contributed by atoms with E-state index in [1.807, 2.05) is 42.5 Å². The highest BCUT2D eigenvalue weighted by Gasteiger charge is 2.10. The first-order valence-corrected chi connectivity index (χ1v) is 8.44. The number of halogens is 2. The molecule has 5 heteroatoms. The topological polar surface area (TPSA) is 17.8 Å². The van der Waals surface area contributed by atoms with Crippen molar-refractivity contribution < 1.29 is 0 Å². The maximum Gasteiger partial charge on any atom is 0.120 e. The Bertz CT molecular complexity index is 766. The molecule has 21 heavy (non-hydrogen) atoms. The second-order valence-electron chi connectivity index (χ2n) is 4.65. The number of imidazole rings is 1. The molecule has 0 spiro atoms. The fourth-order valence-electron chi connectivity index (χ4n) is 2.29. The van der Waals surface area contributed by atoms with Gasteiger partial charge >= 0.3 is 0 Å². The second kappa shape index (κ2) is 6.30. The fourth-order valence-corrected chi connectivity index (χ4v) is 3.42. The molecule has 0 fully saturated rings. The number of benzene rings is 2. The molecule has 0 aliphatic heterocycles. The fraction of sp³-hybridized carbons (Fsp3) is 0.188. The van der Waals surface area contributed by atoms with E-state index in [1.54, 1.807) is 11.8 Å². The number of rotatable bonds is 4. The minimum Gasteiger partial charge on any atom is -0.328 e. The van der Waals surface area contributed by atoms with Crippen LogP contribution in [-0.4, -0.2) is 9.55 Å². The average Bonchev–Trinajstić information content (AvgIpc) is 2.83. The molecule has 0 unspecified atom stereocenters. The quantitative estimate of drug-likeness (QED) is 0.572. The van der Waals surface area contributed by atoms with Crippen LogP contribution in [0.25, 0.3) is 11.0 Å². The molecule has 0 aliphatic carbocycles. The zero-order valence-electron chi connectivity index (χ0n) is 11.5. The molecule has 3 aromatic rings. The minimum atomic E-state index is 0.744. The summed E-state index contributed by atoms with van der Waals surface area (Å²) in [5.74, 6) is 1.89. The van der Waals surface area contributed by atoms with Crippen molar-refractivity contribution >= 4 is 46.0 Å². The predicted molar refractivity (Wildman–Crippen MR) is 91.4 cm³/mol. The summed E-state index contributed by atoms with van der Waals surface area (Å²) >= 11 is 13.7. The summed E-state index contributed by atoms with van der Waals surface area (Å²) in [5, 5.41) is 1.50. The van der Waals surface area contributed by atoms with Gasteiger partial charge in [-0.1, -0.05) is 23.2 Å². The van der Waals surface area contributed by atoms with Crippen molar-refractivity contribution in [3.05, 3.63) is 58.3 Å². The monoisotopic (exact) mass is 336 g/mol. The number of hydrogen-bond acceptors (Lipinski definition) is 2. The Kier molecular flexibility index (Phi) is 4.43. The normalized spacial score (nSPS) is 11.2. The summed E-state index contributed by atoms with van der Waals surface area (Å²) in [5.41, 5.74) is 2.09. The maximum absolute atomic E-state index is 6.09. The molecule has 0 N–H and O–H groups in total. The van der Waals surface area contributed by atoms with Gasteiger partial charge in [0.15, 0.2) is 0 Å². The molecule has 3 rings (SSSR count). The van der Waals surface area contributed by atoms with Gasteiger partial charge in [-0.3, -0.25) is 0 Å². The molecule has 0 atom stereocenters. The van der Waals surface area contributed by atoms with Crippen LogP contribution in [0.5, 0.6) is 0 Å². The lowest BCUT2D eigenvalue weighted by Gasteiger charge is -2.06. The molecule has 0 radical (unpaired) electrons. The molecule has 2 aromatic carbocycles. The van der Waals surface area contributed by atoms with E-state index in [2.05, 4.69) is 11.5 Å². The van der Waals surface area contributed by atoms with Crippen LogP contribution in [-0.2, 0) is 12.3 Å².